The van der Waals surface area contributed by atoms with Crippen molar-refractivity contribution in [1.82, 2.24) is 5.32 Å². The van der Waals surface area contributed by atoms with Crippen LogP contribution >= 0.6 is 11.6 Å². The van der Waals surface area contributed by atoms with E-state index in [1.165, 1.54) is 0 Å². The normalized spacial score (nSPS) is 11.5. The van der Waals surface area contributed by atoms with Gasteiger partial charge in [-0.1, -0.05) is 45.4 Å². The second-order valence-electron chi connectivity index (χ2n) is 6.29. The van der Waals surface area contributed by atoms with Crippen molar-refractivity contribution in [3.05, 3.63) is 28.8 Å². The number of halogens is 1. The standard InChI is InChI=1S/C17H27ClN2O/c1-11(2)15(12(3)4)9-19-10-17(21)20-16-8-14(18)7-6-13(16)5/h6-8,11-12,15,19H,9-10H2,1-5H3,(H,20,21). The molecule has 2 N–H and O–H groups in total. The van der Waals surface area contributed by atoms with Gasteiger partial charge in [-0.05, 0) is 48.9 Å². The molecule has 21 heavy (non-hydrogen) atoms. The van der Waals surface area contributed by atoms with Gasteiger partial charge in [0.15, 0.2) is 0 Å². The van der Waals surface area contributed by atoms with Gasteiger partial charge >= 0.3 is 0 Å². The molecule has 0 radical (unpaired) electrons. The van der Waals surface area contributed by atoms with Crippen molar-refractivity contribution in [3.63, 3.8) is 0 Å². The van der Waals surface area contributed by atoms with E-state index in [-0.39, 0.29) is 5.91 Å². The Balaban J connectivity index is 2.46. The lowest BCUT2D eigenvalue weighted by molar-refractivity contribution is -0.115. The average Bonchev–Trinajstić information content (AvgIpc) is 2.38. The van der Waals surface area contributed by atoms with Gasteiger partial charge in [-0.2, -0.15) is 0 Å². The first kappa shape index (κ1) is 18.0. The largest absolute Gasteiger partial charge is 0.325 e. The van der Waals surface area contributed by atoms with Crippen LogP contribution in [0.5, 0.6) is 0 Å². The summed E-state index contributed by atoms with van der Waals surface area (Å²) < 4.78 is 0. The topological polar surface area (TPSA) is 41.1 Å². The molecular formula is C17H27ClN2O. The summed E-state index contributed by atoms with van der Waals surface area (Å²) in [6, 6.07) is 5.50. The maximum Gasteiger partial charge on any atom is 0.238 e. The number of carbonyl (C=O) groups excluding carboxylic acids is 1. The molecule has 0 aliphatic rings. The molecule has 0 unspecified atom stereocenters. The number of hydrogen-bond donors (Lipinski definition) is 2. The molecule has 3 nitrogen and oxygen atoms in total. The summed E-state index contributed by atoms with van der Waals surface area (Å²) in [5, 5.41) is 6.78. The van der Waals surface area contributed by atoms with Crippen molar-refractivity contribution >= 4 is 23.2 Å². The smallest absolute Gasteiger partial charge is 0.238 e. The number of rotatable bonds is 7. The Labute approximate surface area is 133 Å². The van der Waals surface area contributed by atoms with E-state index in [9.17, 15) is 4.79 Å². The lowest BCUT2D eigenvalue weighted by Crippen LogP contribution is -2.35. The molecule has 0 heterocycles. The van der Waals surface area contributed by atoms with Crippen molar-refractivity contribution in [1.29, 1.82) is 0 Å². The molecule has 0 aliphatic carbocycles. The molecule has 0 aliphatic heterocycles. The molecular weight excluding hydrogens is 284 g/mol. The second kappa shape index (κ2) is 8.40. The van der Waals surface area contributed by atoms with E-state index >= 15 is 0 Å². The molecule has 1 rings (SSSR count). The first-order valence-electron chi connectivity index (χ1n) is 7.58. The van der Waals surface area contributed by atoms with Crippen LogP contribution in [0, 0.1) is 24.7 Å². The highest BCUT2D eigenvalue weighted by atomic mass is 35.5. The summed E-state index contributed by atoms with van der Waals surface area (Å²) in [6.07, 6.45) is 0. The lowest BCUT2D eigenvalue weighted by Gasteiger charge is -2.25. The van der Waals surface area contributed by atoms with Gasteiger partial charge in [-0.25, -0.2) is 0 Å². The number of nitrogens with one attached hydrogen (secondary N) is 2. The molecule has 0 saturated heterocycles. The highest BCUT2D eigenvalue weighted by molar-refractivity contribution is 6.31. The van der Waals surface area contributed by atoms with E-state index in [4.69, 9.17) is 11.6 Å². The van der Waals surface area contributed by atoms with Crippen LogP contribution in [0.15, 0.2) is 18.2 Å². The fraction of sp³-hybridized carbons (Fsp3) is 0.588. The number of carbonyl (C=O) groups is 1. The molecule has 1 aromatic rings. The summed E-state index contributed by atoms with van der Waals surface area (Å²) in [6.45, 7) is 12.0. The zero-order valence-corrected chi connectivity index (χ0v) is 14.4. The van der Waals surface area contributed by atoms with Crippen LogP contribution in [-0.2, 0) is 4.79 Å². The molecule has 4 heteroatoms. The van der Waals surface area contributed by atoms with Crippen molar-refractivity contribution in [2.24, 2.45) is 17.8 Å². The first-order valence-corrected chi connectivity index (χ1v) is 7.95. The maximum atomic E-state index is 12.0. The van der Waals surface area contributed by atoms with Gasteiger partial charge in [0, 0.05) is 10.7 Å². The Kier molecular flexibility index (Phi) is 7.20. The number of aryl methyl sites for hydroxylation is 1. The van der Waals surface area contributed by atoms with Gasteiger partial charge < -0.3 is 10.6 Å². The third-order valence-corrected chi connectivity index (χ3v) is 4.09. The Bertz CT molecular complexity index is 464. The first-order chi connectivity index (χ1) is 9.81. The molecule has 0 spiro atoms. The summed E-state index contributed by atoms with van der Waals surface area (Å²) in [5.74, 6) is 1.75. The molecule has 0 bridgehead atoms. The van der Waals surface area contributed by atoms with Gasteiger partial charge in [-0.3, -0.25) is 4.79 Å². The van der Waals surface area contributed by atoms with Crippen LogP contribution in [0.1, 0.15) is 33.3 Å². The van der Waals surface area contributed by atoms with Gasteiger partial charge in [0.05, 0.1) is 6.54 Å². The predicted octanol–water partition coefficient (Wildman–Crippen LogP) is 4.10. The Hall–Kier alpha value is -1.06. The van der Waals surface area contributed by atoms with Crippen LogP contribution in [0.2, 0.25) is 5.02 Å². The second-order valence-corrected chi connectivity index (χ2v) is 6.73. The van der Waals surface area contributed by atoms with Gasteiger partial charge in [0.2, 0.25) is 5.91 Å². The number of amides is 1. The van der Waals surface area contributed by atoms with Gasteiger partial charge in [0.25, 0.3) is 0 Å². The average molecular weight is 311 g/mol. The zero-order chi connectivity index (χ0) is 16.0. The zero-order valence-electron chi connectivity index (χ0n) is 13.7. The van der Waals surface area contributed by atoms with E-state index in [1.54, 1.807) is 6.07 Å². The van der Waals surface area contributed by atoms with Crippen LogP contribution in [0.3, 0.4) is 0 Å². The SMILES string of the molecule is Cc1ccc(Cl)cc1NC(=O)CNCC(C(C)C)C(C)C. The van der Waals surface area contributed by atoms with E-state index in [0.717, 1.165) is 17.8 Å². The molecule has 118 valence electrons. The van der Waals surface area contributed by atoms with Crippen LogP contribution in [0.25, 0.3) is 0 Å². The van der Waals surface area contributed by atoms with E-state index < -0.39 is 0 Å². The highest BCUT2D eigenvalue weighted by Gasteiger charge is 2.17. The molecule has 1 amide bonds. The summed E-state index contributed by atoms with van der Waals surface area (Å²) in [7, 11) is 0. The molecule has 1 aromatic carbocycles. The minimum Gasteiger partial charge on any atom is -0.325 e. The monoisotopic (exact) mass is 310 g/mol. The van der Waals surface area contributed by atoms with Crippen LogP contribution in [0.4, 0.5) is 5.69 Å². The summed E-state index contributed by atoms with van der Waals surface area (Å²) in [5.41, 5.74) is 1.79. The van der Waals surface area contributed by atoms with Gasteiger partial charge in [-0.15, -0.1) is 0 Å². The van der Waals surface area contributed by atoms with Crippen molar-refractivity contribution in [2.75, 3.05) is 18.4 Å². The fourth-order valence-corrected chi connectivity index (χ4v) is 2.69. The number of anilines is 1. The van der Waals surface area contributed by atoms with Crippen molar-refractivity contribution in [2.45, 2.75) is 34.6 Å². The fourth-order valence-electron chi connectivity index (χ4n) is 2.52. The summed E-state index contributed by atoms with van der Waals surface area (Å²) in [4.78, 5) is 12.0. The molecule has 0 atom stereocenters. The highest BCUT2D eigenvalue weighted by Crippen LogP contribution is 2.20. The number of benzene rings is 1. The Morgan fingerprint density at radius 1 is 1.19 bits per heavy atom. The van der Waals surface area contributed by atoms with E-state index in [0.29, 0.717) is 29.3 Å². The van der Waals surface area contributed by atoms with Crippen molar-refractivity contribution in [3.8, 4) is 0 Å². The van der Waals surface area contributed by atoms with Crippen LogP contribution < -0.4 is 10.6 Å². The Morgan fingerprint density at radius 2 is 1.81 bits per heavy atom. The van der Waals surface area contributed by atoms with E-state index in [1.807, 2.05) is 19.1 Å². The minimum atomic E-state index is -0.0355. The predicted molar refractivity (Wildman–Crippen MR) is 90.9 cm³/mol. The molecule has 0 aromatic heterocycles. The number of hydrogen-bond acceptors (Lipinski definition) is 2. The van der Waals surface area contributed by atoms with Crippen molar-refractivity contribution < 1.29 is 4.79 Å². The van der Waals surface area contributed by atoms with Crippen LogP contribution in [-0.4, -0.2) is 19.0 Å². The molecule has 0 fully saturated rings. The summed E-state index contributed by atoms with van der Waals surface area (Å²) >= 11 is 5.95. The van der Waals surface area contributed by atoms with Gasteiger partial charge in [0.1, 0.15) is 0 Å². The third kappa shape index (κ3) is 6.06. The quantitative estimate of drug-likeness (QED) is 0.796. The van der Waals surface area contributed by atoms with E-state index in [2.05, 4.69) is 38.3 Å². The third-order valence-electron chi connectivity index (χ3n) is 3.85. The maximum absolute atomic E-state index is 12.0. The minimum absolute atomic E-state index is 0.0355. The lowest BCUT2D eigenvalue weighted by atomic mass is 9.85. The molecule has 0 saturated carbocycles. The Morgan fingerprint density at radius 3 is 2.38 bits per heavy atom.